The van der Waals surface area contributed by atoms with Crippen molar-refractivity contribution in [3.8, 4) is 0 Å². The highest BCUT2D eigenvalue weighted by atomic mass is 16.5. The summed E-state index contributed by atoms with van der Waals surface area (Å²) in [6.07, 6.45) is 3.99. The van der Waals surface area contributed by atoms with E-state index in [0.29, 0.717) is 6.54 Å². The normalized spacial score (nSPS) is 29.2. The molecule has 3 nitrogen and oxygen atoms in total. The summed E-state index contributed by atoms with van der Waals surface area (Å²) >= 11 is 0. The number of hydrogen-bond acceptors (Lipinski definition) is 3. The predicted octanol–water partition coefficient (Wildman–Crippen LogP) is 1.86. The van der Waals surface area contributed by atoms with E-state index in [2.05, 4.69) is 18.7 Å². The van der Waals surface area contributed by atoms with Gasteiger partial charge in [0.2, 0.25) is 0 Å². The molecule has 0 aromatic rings. The first-order chi connectivity index (χ1) is 7.67. The van der Waals surface area contributed by atoms with Crippen LogP contribution in [0, 0.1) is 5.92 Å². The molecular formula is C13H28N2O. The molecule has 0 spiro atoms. The molecule has 96 valence electrons. The molecule has 0 aromatic carbocycles. The second kappa shape index (κ2) is 7.25. The van der Waals surface area contributed by atoms with E-state index in [0.717, 1.165) is 31.5 Å². The lowest BCUT2D eigenvalue weighted by molar-refractivity contribution is 0.0430. The zero-order valence-corrected chi connectivity index (χ0v) is 11.1. The van der Waals surface area contributed by atoms with Crippen molar-refractivity contribution in [2.75, 3.05) is 26.2 Å². The highest BCUT2D eigenvalue weighted by Crippen LogP contribution is 2.22. The molecule has 3 heteroatoms. The van der Waals surface area contributed by atoms with Crippen molar-refractivity contribution >= 4 is 0 Å². The first kappa shape index (κ1) is 13.9. The molecule has 16 heavy (non-hydrogen) atoms. The van der Waals surface area contributed by atoms with Gasteiger partial charge in [0.1, 0.15) is 0 Å². The smallest absolute Gasteiger partial charge is 0.0709 e. The quantitative estimate of drug-likeness (QED) is 0.754. The Labute approximate surface area is 100 Å². The highest BCUT2D eigenvalue weighted by molar-refractivity contribution is 4.77. The van der Waals surface area contributed by atoms with Gasteiger partial charge in [-0.25, -0.2) is 0 Å². The summed E-state index contributed by atoms with van der Waals surface area (Å²) in [7, 11) is 0. The van der Waals surface area contributed by atoms with Gasteiger partial charge in [-0.2, -0.15) is 0 Å². The van der Waals surface area contributed by atoms with Crippen LogP contribution in [-0.2, 0) is 4.74 Å². The van der Waals surface area contributed by atoms with Gasteiger partial charge < -0.3 is 15.4 Å². The van der Waals surface area contributed by atoms with Crippen LogP contribution in [0.1, 0.15) is 40.0 Å². The molecule has 1 fully saturated rings. The number of piperidine rings is 1. The Morgan fingerprint density at radius 3 is 2.75 bits per heavy atom. The molecule has 0 aliphatic carbocycles. The fraction of sp³-hybridized carbons (Fsp3) is 1.00. The lowest BCUT2D eigenvalue weighted by Gasteiger charge is -2.37. The van der Waals surface area contributed by atoms with Crippen molar-refractivity contribution in [2.45, 2.75) is 52.2 Å². The monoisotopic (exact) mass is 228 g/mol. The Hall–Kier alpha value is -0.120. The van der Waals surface area contributed by atoms with Crippen LogP contribution in [-0.4, -0.2) is 43.3 Å². The number of ether oxygens (including phenoxy) is 1. The topological polar surface area (TPSA) is 38.5 Å². The Morgan fingerprint density at radius 2 is 2.19 bits per heavy atom. The summed E-state index contributed by atoms with van der Waals surface area (Å²) < 4.78 is 5.59. The summed E-state index contributed by atoms with van der Waals surface area (Å²) in [6, 6.07) is 0.726. The average Bonchev–Trinajstić information content (AvgIpc) is 2.26. The van der Waals surface area contributed by atoms with E-state index in [-0.39, 0.29) is 6.10 Å². The zero-order chi connectivity index (χ0) is 12.0. The molecule has 0 bridgehead atoms. The van der Waals surface area contributed by atoms with Crippen molar-refractivity contribution in [3.05, 3.63) is 0 Å². The van der Waals surface area contributed by atoms with Gasteiger partial charge in [-0.15, -0.1) is 0 Å². The molecule has 3 unspecified atom stereocenters. The minimum absolute atomic E-state index is 0.247. The molecule has 1 rings (SSSR count). The molecule has 0 aromatic heterocycles. The van der Waals surface area contributed by atoms with Crippen molar-refractivity contribution in [1.29, 1.82) is 0 Å². The molecule has 1 aliphatic heterocycles. The SMILES string of the molecule is CCOC(CN)CCN1CCC(C)CC1C. The molecule has 0 saturated carbocycles. The first-order valence-corrected chi connectivity index (χ1v) is 6.73. The Bertz CT molecular complexity index is 187. The van der Waals surface area contributed by atoms with Crippen molar-refractivity contribution < 1.29 is 4.74 Å². The third-order valence-electron chi connectivity index (χ3n) is 3.68. The Kier molecular flexibility index (Phi) is 6.32. The highest BCUT2D eigenvalue weighted by Gasteiger charge is 2.23. The number of hydrogen-bond donors (Lipinski definition) is 1. The van der Waals surface area contributed by atoms with E-state index in [1.54, 1.807) is 0 Å². The van der Waals surface area contributed by atoms with E-state index in [1.807, 2.05) is 6.92 Å². The molecule has 1 heterocycles. The largest absolute Gasteiger partial charge is 0.377 e. The zero-order valence-electron chi connectivity index (χ0n) is 11.1. The molecule has 3 atom stereocenters. The summed E-state index contributed by atoms with van der Waals surface area (Å²) in [4.78, 5) is 2.58. The minimum Gasteiger partial charge on any atom is -0.377 e. The van der Waals surface area contributed by atoms with Crippen molar-refractivity contribution in [3.63, 3.8) is 0 Å². The van der Waals surface area contributed by atoms with Gasteiger partial charge in [0.15, 0.2) is 0 Å². The van der Waals surface area contributed by atoms with E-state index in [4.69, 9.17) is 10.5 Å². The number of likely N-dealkylation sites (tertiary alicyclic amines) is 1. The van der Waals surface area contributed by atoms with Crippen molar-refractivity contribution in [1.82, 2.24) is 4.90 Å². The number of nitrogens with zero attached hydrogens (tertiary/aromatic N) is 1. The number of nitrogens with two attached hydrogens (primary N) is 1. The molecule has 2 N–H and O–H groups in total. The lowest BCUT2D eigenvalue weighted by Crippen LogP contribution is -2.42. The molecule has 0 amide bonds. The van der Waals surface area contributed by atoms with Gasteiger partial charge in [0.25, 0.3) is 0 Å². The summed E-state index contributed by atoms with van der Waals surface area (Å²) in [5.41, 5.74) is 5.69. The maximum absolute atomic E-state index is 5.69. The van der Waals surface area contributed by atoms with Crippen molar-refractivity contribution in [2.24, 2.45) is 11.7 Å². The molecule has 1 aliphatic rings. The van der Waals surface area contributed by atoms with Gasteiger partial charge in [-0.05, 0) is 45.6 Å². The second-order valence-electron chi connectivity index (χ2n) is 5.12. The van der Waals surface area contributed by atoms with Gasteiger partial charge >= 0.3 is 0 Å². The lowest BCUT2D eigenvalue weighted by atomic mass is 9.93. The van der Waals surface area contributed by atoms with E-state index < -0.39 is 0 Å². The third-order valence-corrected chi connectivity index (χ3v) is 3.68. The summed E-state index contributed by atoms with van der Waals surface area (Å²) in [5, 5.41) is 0. The molecular weight excluding hydrogens is 200 g/mol. The number of rotatable bonds is 6. The van der Waals surface area contributed by atoms with Crippen LogP contribution in [0.15, 0.2) is 0 Å². The maximum atomic E-state index is 5.69. The third kappa shape index (κ3) is 4.40. The van der Waals surface area contributed by atoms with Gasteiger partial charge in [0.05, 0.1) is 6.10 Å². The van der Waals surface area contributed by atoms with Crippen LogP contribution < -0.4 is 5.73 Å². The minimum atomic E-state index is 0.247. The Balaban J connectivity index is 2.25. The standard InChI is InChI=1S/C13H28N2O/c1-4-16-13(10-14)6-8-15-7-5-11(2)9-12(15)3/h11-13H,4-10,14H2,1-3H3. The fourth-order valence-electron chi connectivity index (χ4n) is 2.60. The van der Waals surface area contributed by atoms with Crippen LogP contribution in [0.3, 0.4) is 0 Å². The maximum Gasteiger partial charge on any atom is 0.0709 e. The fourth-order valence-corrected chi connectivity index (χ4v) is 2.60. The second-order valence-corrected chi connectivity index (χ2v) is 5.12. The summed E-state index contributed by atoms with van der Waals surface area (Å²) in [6.45, 7) is 10.5. The van der Waals surface area contributed by atoms with Crippen LogP contribution >= 0.6 is 0 Å². The van der Waals surface area contributed by atoms with Gasteiger partial charge in [0, 0.05) is 25.7 Å². The van der Waals surface area contributed by atoms with Crippen LogP contribution in [0.25, 0.3) is 0 Å². The Morgan fingerprint density at radius 1 is 1.44 bits per heavy atom. The van der Waals surface area contributed by atoms with Crippen LogP contribution in [0.5, 0.6) is 0 Å². The average molecular weight is 228 g/mol. The molecule has 0 radical (unpaired) electrons. The van der Waals surface area contributed by atoms with E-state index in [1.165, 1.54) is 19.4 Å². The summed E-state index contributed by atoms with van der Waals surface area (Å²) in [5.74, 6) is 0.892. The predicted molar refractivity (Wildman–Crippen MR) is 68.5 cm³/mol. The first-order valence-electron chi connectivity index (χ1n) is 6.73. The van der Waals surface area contributed by atoms with E-state index >= 15 is 0 Å². The van der Waals surface area contributed by atoms with Gasteiger partial charge in [-0.3, -0.25) is 0 Å². The van der Waals surface area contributed by atoms with Gasteiger partial charge in [-0.1, -0.05) is 6.92 Å². The van der Waals surface area contributed by atoms with Crippen LogP contribution in [0.4, 0.5) is 0 Å². The molecule has 1 saturated heterocycles. The van der Waals surface area contributed by atoms with Crippen LogP contribution in [0.2, 0.25) is 0 Å². The van der Waals surface area contributed by atoms with E-state index in [9.17, 15) is 0 Å².